The fourth-order valence-electron chi connectivity index (χ4n) is 3.06. The molecule has 3 rings (SSSR count). The third kappa shape index (κ3) is 3.08. The summed E-state index contributed by atoms with van der Waals surface area (Å²) in [6.45, 7) is 5.63. The lowest BCUT2D eigenvalue weighted by Crippen LogP contribution is -2.20. The number of benzene rings is 2. The highest BCUT2D eigenvalue weighted by Crippen LogP contribution is 2.26. The van der Waals surface area contributed by atoms with Crippen LogP contribution in [-0.2, 0) is 4.74 Å². The van der Waals surface area contributed by atoms with E-state index in [1.807, 2.05) is 56.3 Å². The predicted molar refractivity (Wildman–Crippen MR) is 100 cm³/mol. The number of ether oxygens (including phenoxy) is 2. The van der Waals surface area contributed by atoms with E-state index in [0.29, 0.717) is 27.9 Å². The van der Waals surface area contributed by atoms with E-state index in [2.05, 4.69) is 0 Å². The molecule has 5 heteroatoms. The first kappa shape index (κ1) is 17.7. The Kier molecular flexibility index (Phi) is 4.80. The maximum absolute atomic E-state index is 12.8. The van der Waals surface area contributed by atoms with E-state index in [-0.39, 0.29) is 12.5 Å². The van der Waals surface area contributed by atoms with E-state index in [9.17, 15) is 9.59 Å². The van der Waals surface area contributed by atoms with E-state index in [1.54, 1.807) is 6.92 Å². The third-order valence-electron chi connectivity index (χ3n) is 4.59. The Morgan fingerprint density at radius 1 is 1.00 bits per heavy atom. The van der Waals surface area contributed by atoms with Gasteiger partial charge in [0.2, 0.25) is 0 Å². The first-order valence-electron chi connectivity index (χ1n) is 8.35. The van der Waals surface area contributed by atoms with Crippen molar-refractivity contribution in [3.8, 4) is 5.75 Å². The van der Waals surface area contributed by atoms with Gasteiger partial charge in [-0.3, -0.25) is 9.36 Å². The standard InChI is InChI=1S/C21H21NO4/c1-13-9-10-16(11-14(13)2)26-12-19(23)22-15(3)20(21(24)25-4)17-7-5-6-8-18(17)22/h5-11H,12H2,1-4H3. The lowest BCUT2D eigenvalue weighted by molar-refractivity contribution is 0.0602. The largest absolute Gasteiger partial charge is 0.484 e. The van der Waals surface area contributed by atoms with Crippen LogP contribution in [-0.4, -0.2) is 30.2 Å². The van der Waals surface area contributed by atoms with Crippen LogP contribution >= 0.6 is 0 Å². The van der Waals surface area contributed by atoms with Crippen molar-refractivity contribution in [1.29, 1.82) is 0 Å². The number of esters is 1. The molecule has 5 nitrogen and oxygen atoms in total. The smallest absolute Gasteiger partial charge is 0.340 e. The van der Waals surface area contributed by atoms with Gasteiger partial charge in [-0.1, -0.05) is 24.3 Å². The van der Waals surface area contributed by atoms with Gasteiger partial charge in [0.25, 0.3) is 5.91 Å². The highest BCUT2D eigenvalue weighted by molar-refractivity contribution is 6.09. The molecular weight excluding hydrogens is 330 g/mol. The van der Waals surface area contributed by atoms with Gasteiger partial charge >= 0.3 is 5.97 Å². The lowest BCUT2D eigenvalue weighted by atomic mass is 10.1. The Hall–Kier alpha value is -3.08. The van der Waals surface area contributed by atoms with Gasteiger partial charge in [0.15, 0.2) is 6.61 Å². The monoisotopic (exact) mass is 351 g/mol. The number of para-hydroxylation sites is 1. The molecule has 0 radical (unpaired) electrons. The molecule has 2 aromatic carbocycles. The summed E-state index contributed by atoms with van der Waals surface area (Å²) in [5.74, 6) is -0.0591. The molecule has 0 aliphatic carbocycles. The Morgan fingerprint density at radius 2 is 1.73 bits per heavy atom. The molecule has 26 heavy (non-hydrogen) atoms. The number of hydrogen-bond donors (Lipinski definition) is 0. The molecule has 0 amide bonds. The molecule has 3 aromatic rings. The van der Waals surface area contributed by atoms with Crippen molar-refractivity contribution < 1.29 is 19.1 Å². The molecule has 0 N–H and O–H groups in total. The van der Waals surface area contributed by atoms with Crippen LogP contribution in [0.3, 0.4) is 0 Å². The Labute approximate surface area is 152 Å². The molecule has 0 spiro atoms. The number of aryl methyl sites for hydroxylation is 2. The molecule has 0 aliphatic rings. The fraction of sp³-hybridized carbons (Fsp3) is 0.238. The van der Waals surface area contributed by atoms with Crippen molar-refractivity contribution in [3.05, 3.63) is 64.8 Å². The molecule has 0 aliphatic heterocycles. The molecule has 0 bridgehead atoms. The van der Waals surface area contributed by atoms with E-state index < -0.39 is 5.97 Å². The zero-order valence-electron chi connectivity index (χ0n) is 15.3. The number of hydrogen-bond acceptors (Lipinski definition) is 4. The minimum absolute atomic E-state index is 0.122. The van der Waals surface area contributed by atoms with E-state index in [1.165, 1.54) is 17.2 Å². The molecule has 1 heterocycles. The van der Waals surface area contributed by atoms with Crippen molar-refractivity contribution in [1.82, 2.24) is 4.57 Å². The number of methoxy groups -OCH3 is 1. The lowest BCUT2D eigenvalue weighted by Gasteiger charge is -2.10. The van der Waals surface area contributed by atoms with Gasteiger partial charge in [-0.05, 0) is 50.1 Å². The quantitative estimate of drug-likeness (QED) is 0.665. The first-order valence-corrected chi connectivity index (χ1v) is 8.35. The predicted octanol–water partition coefficient (Wildman–Crippen LogP) is 4.07. The van der Waals surface area contributed by atoms with Crippen LogP contribution in [0.25, 0.3) is 10.9 Å². The average molecular weight is 351 g/mol. The Morgan fingerprint density at radius 3 is 2.42 bits per heavy atom. The van der Waals surface area contributed by atoms with Gasteiger partial charge in [-0.15, -0.1) is 0 Å². The number of nitrogens with zero attached hydrogens (tertiary/aromatic N) is 1. The first-order chi connectivity index (χ1) is 12.4. The molecule has 0 unspecified atom stereocenters. The van der Waals surface area contributed by atoms with Gasteiger partial charge in [-0.2, -0.15) is 0 Å². The molecular formula is C21H21NO4. The van der Waals surface area contributed by atoms with Gasteiger partial charge in [0, 0.05) is 11.1 Å². The molecule has 134 valence electrons. The highest BCUT2D eigenvalue weighted by Gasteiger charge is 2.23. The summed E-state index contributed by atoms with van der Waals surface area (Å²) < 4.78 is 12.1. The summed E-state index contributed by atoms with van der Waals surface area (Å²) in [7, 11) is 1.33. The fourth-order valence-corrected chi connectivity index (χ4v) is 3.06. The molecule has 0 saturated carbocycles. The molecule has 0 saturated heterocycles. The van der Waals surface area contributed by atoms with Crippen LogP contribution in [0.5, 0.6) is 5.75 Å². The highest BCUT2D eigenvalue weighted by atomic mass is 16.5. The SMILES string of the molecule is COC(=O)c1c(C)n(C(=O)COc2ccc(C)c(C)c2)c2ccccc12. The Bertz CT molecular complexity index is 1000. The van der Waals surface area contributed by atoms with E-state index in [0.717, 1.165) is 5.56 Å². The van der Waals surface area contributed by atoms with Crippen LogP contribution in [0.2, 0.25) is 0 Å². The van der Waals surface area contributed by atoms with Crippen molar-refractivity contribution in [2.24, 2.45) is 0 Å². The second kappa shape index (κ2) is 7.04. The minimum atomic E-state index is -0.458. The summed E-state index contributed by atoms with van der Waals surface area (Å²) in [6.07, 6.45) is 0. The molecule has 0 atom stereocenters. The van der Waals surface area contributed by atoms with E-state index >= 15 is 0 Å². The summed E-state index contributed by atoms with van der Waals surface area (Å²) in [4.78, 5) is 25.0. The maximum Gasteiger partial charge on any atom is 0.340 e. The maximum atomic E-state index is 12.8. The number of carbonyl (C=O) groups is 2. The summed E-state index contributed by atoms with van der Waals surface area (Å²) in [5, 5.41) is 0.691. The third-order valence-corrected chi connectivity index (χ3v) is 4.59. The average Bonchev–Trinajstić information content (AvgIpc) is 2.93. The summed E-state index contributed by atoms with van der Waals surface area (Å²) in [6, 6.07) is 13.0. The number of fused-ring (bicyclic) bond motifs is 1. The Balaban J connectivity index is 1.94. The van der Waals surface area contributed by atoms with Crippen molar-refractivity contribution in [3.63, 3.8) is 0 Å². The minimum Gasteiger partial charge on any atom is -0.484 e. The van der Waals surface area contributed by atoms with Crippen LogP contribution in [0.1, 0.15) is 32.0 Å². The number of rotatable bonds is 4. The van der Waals surface area contributed by atoms with Crippen molar-refractivity contribution >= 4 is 22.8 Å². The van der Waals surface area contributed by atoms with Crippen LogP contribution in [0, 0.1) is 20.8 Å². The zero-order chi connectivity index (χ0) is 18.8. The van der Waals surface area contributed by atoms with Crippen molar-refractivity contribution in [2.45, 2.75) is 20.8 Å². The number of aromatic nitrogens is 1. The van der Waals surface area contributed by atoms with Crippen molar-refractivity contribution in [2.75, 3.05) is 13.7 Å². The van der Waals surface area contributed by atoms with Gasteiger partial charge in [0.1, 0.15) is 5.75 Å². The van der Waals surface area contributed by atoms with E-state index in [4.69, 9.17) is 9.47 Å². The van der Waals surface area contributed by atoms with Crippen LogP contribution in [0.15, 0.2) is 42.5 Å². The van der Waals surface area contributed by atoms with Gasteiger partial charge in [-0.25, -0.2) is 4.79 Å². The second-order valence-corrected chi connectivity index (χ2v) is 6.23. The summed E-state index contributed by atoms with van der Waals surface area (Å²) in [5.41, 5.74) is 3.89. The number of carbonyl (C=O) groups excluding carboxylic acids is 2. The van der Waals surface area contributed by atoms with Gasteiger partial charge < -0.3 is 9.47 Å². The summed E-state index contributed by atoms with van der Waals surface area (Å²) >= 11 is 0. The van der Waals surface area contributed by atoms with Crippen LogP contribution in [0.4, 0.5) is 0 Å². The zero-order valence-corrected chi connectivity index (χ0v) is 15.3. The van der Waals surface area contributed by atoms with Gasteiger partial charge in [0.05, 0.1) is 18.2 Å². The topological polar surface area (TPSA) is 57.5 Å². The van der Waals surface area contributed by atoms with Crippen LogP contribution < -0.4 is 4.74 Å². The second-order valence-electron chi connectivity index (χ2n) is 6.23. The molecule has 0 fully saturated rings. The molecule has 1 aromatic heterocycles. The normalized spacial score (nSPS) is 10.8.